The SMILES string of the molecule is Cc1nccc(CNC(C)c2ccc(S(N)(=O)=O)cc2)n1. The molecule has 0 bridgehead atoms. The molecule has 0 amide bonds. The number of sulfonamides is 1. The topological polar surface area (TPSA) is 98.0 Å². The fourth-order valence-corrected chi connectivity index (χ4v) is 2.44. The van der Waals surface area contributed by atoms with Crippen molar-refractivity contribution < 1.29 is 8.42 Å². The summed E-state index contributed by atoms with van der Waals surface area (Å²) in [6.07, 6.45) is 1.73. The summed E-state index contributed by atoms with van der Waals surface area (Å²) in [5, 5.41) is 8.40. The van der Waals surface area contributed by atoms with E-state index in [0.29, 0.717) is 6.54 Å². The molecule has 0 spiro atoms. The van der Waals surface area contributed by atoms with Gasteiger partial charge in [-0.15, -0.1) is 0 Å². The summed E-state index contributed by atoms with van der Waals surface area (Å²) >= 11 is 0. The average Bonchev–Trinajstić information content (AvgIpc) is 2.44. The third kappa shape index (κ3) is 4.32. The first-order chi connectivity index (χ1) is 9.86. The summed E-state index contributed by atoms with van der Waals surface area (Å²) in [5.41, 5.74) is 1.89. The zero-order valence-electron chi connectivity index (χ0n) is 11.9. The Morgan fingerprint density at radius 1 is 1.24 bits per heavy atom. The van der Waals surface area contributed by atoms with Crippen LogP contribution in [0.1, 0.15) is 30.0 Å². The summed E-state index contributed by atoms with van der Waals surface area (Å²) in [6, 6.07) is 8.45. The lowest BCUT2D eigenvalue weighted by molar-refractivity contribution is 0.565. The number of aryl methyl sites for hydroxylation is 1. The monoisotopic (exact) mass is 306 g/mol. The largest absolute Gasteiger partial charge is 0.305 e. The van der Waals surface area contributed by atoms with Gasteiger partial charge < -0.3 is 5.32 Å². The molecule has 0 fully saturated rings. The minimum absolute atomic E-state index is 0.0646. The average molecular weight is 306 g/mol. The molecule has 1 atom stereocenters. The molecule has 0 saturated carbocycles. The Labute approximate surface area is 124 Å². The number of primary sulfonamides is 1. The maximum atomic E-state index is 11.2. The highest BCUT2D eigenvalue weighted by molar-refractivity contribution is 7.89. The first-order valence-electron chi connectivity index (χ1n) is 6.51. The van der Waals surface area contributed by atoms with Crippen LogP contribution in [0.5, 0.6) is 0 Å². The maximum Gasteiger partial charge on any atom is 0.238 e. The molecule has 112 valence electrons. The molecule has 7 heteroatoms. The number of benzene rings is 1. The van der Waals surface area contributed by atoms with Crippen molar-refractivity contribution in [2.24, 2.45) is 5.14 Å². The van der Waals surface area contributed by atoms with Crippen LogP contribution < -0.4 is 10.5 Å². The molecule has 0 saturated heterocycles. The second-order valence-corrected chi connectivity index (χ2v) is 6.37. The van der Waals surface area contributed by atoms with Gasteiger partial charge in [-0.25, -0.2) is 23.5 Å². The van der Waals surface area contributed by atoms with Crippen molar-refractivity contribution in [3.8, 4) is 0 Å². The fourth-order valence-electron chi connectivity index (χ4n) is 1.93. The van der Waals surface area contributed by atoms with Crippen molar-refractivity contribution >= 4 is 10.0 Å². The van der Waals surface area contributed by atoms with Gasteiger partial charge in [-0.2, -0.15) is 0 Å². The molecule has 0 aliphatic rings. The number of nitrogens with one attached hydrogen (secondary N) is 1. The highest BCUT2D eigenvalue weighted by Crippen LogP contribution is 2.15. The molecule has 21 heavy (non-hydrogen) atoms. The van der Waals surface area contributed by atoms with Gasteiger partial charge in [-0.05, 0) is 37.6 Å². The molecule has 2 aromatic rings. The first-order valence-corrected chi connectivity index (χ1v) is 8.05. The smallest absolute Gasteiger partial charge is 0.238 e. The summed E-state index contributed by atoms with van der Waals surface area (Å²) in [4.78, 5) is 8.48. The summed E-state index contributed by atoms with van der Waals surface area (Å²) in [5.74, 6) is 0.736. The Hall–Kier alpha value is -1.83. The predicted molar refractivity (Wildman–Crippen MR) is 79.8 cm³/mol. The van der Waals surface area contributed by atoms with Crippen LogP contribution in [-0.4, -0.2) is 18.4 Å². The molecule has 1 unspecified atom stereocenters. The van der Waals surface area contributed by atoms with E-state index < -0.39 is 10.0 Å². The van der Waals surface area contributed by atoms with Crippen LogP contribution in [-0.2, 0) is 16.6 Å². The zero-order valence-corrected chi connectivity index (χ0v) is 12.8. The van der Waals surface area contributed by atoms with Crippen LogP contribution in [0.15, 0.2) is 41.4 Å². The predicted octanol–water partition coefficient (Wildman–Crippen LogP) is 1.28. The Kier molecular flexibility index (Phi) is 4.66. The van der Waals surface area contributed by atoms with E-state index in [0.717, 1.165) is 17.1 Å². The standard InChI is InChI=1S/C14H18N4O2S/c1-10(17-9-13-7-8-16-11(2)18-13)12-3-5-14(6-4-12)21(15,19)20/h3-8,10,17H,9H2,1-2H3,(H2,15,19,20). The lowest BCUT2D eigenvalue weighted by Gasteiger charge is -2.14. The molecule has 0 aliphatic carbocycles. The van der Waals surface area contributed by atoms with E-state index >= 15 is 0 Å². The Morgan fingerprint density at radius 3 is 2.48 bits per heavy atom. The van der Waals surface area contributed by atoms with Crippen LogP contribution in [0.4, 0.5) is 0 Å². The zero-order chi connectivity index (χ0) is 15.5. The number of hydrogen-bond donors (Lipinski definition) is 2. The molecule has 3 N–H and O–H groups in total. The van der Waals surface area contributed by atoms with E-state index in [1.54, 1.807) is 18.3 Å². The lowest BCUT2D eigenvalue weighted by atomic mass is 10.1. The van der Waals surface area contributed by atoms with Crippen molar-refractivity contribution in [2.45, 2.75) is 31.3 Å². The van der Waals surface area contributed by atoms with Crippen molar-refractivity contribution in [3.05, 3.63) is 53.6 Å². The van der Waals surface area contributed by atoms with Gasteiger partial charge in [0.05, 0.1) is 10.6 Å². The van der Waals surface area contributed by atoms with Gasteiger partial charge in [-0.3, -0.25) is 0 Å². The second kappa shape index (κ2) is 6.30. The molecule has 1 aromatic carbocycles. The summed E-state index contributed by atoms with van der Waals surface area (Å²) < 4.78 is 22.4. The van der Waals surface area contributed by atoms with Crippen LogP contribution >= 0.6 is 0 Å². The quantitative estimate of drug-likeness (QED) is 0.867. The lowest BCUT2D eigenvalue weighted by Crippen LogP contribution is -2.19. The van der Waals surface area contributed by atoms with Gasteiger partial charge in [0.15, 0.2) is 0 Å². The Bertz CT molecular complexity index is 714. The van der Waals surface area contributed by atoms with Crippen molar-refractivity contribution in [1.82, 2.24) is 15.3 Å². The van der Waals surface area contributed by atoms with E-state index in [-0.39, 0.29) is 10.9 Å². The van der Waals surface area contributed by atoms with E-state index in [1.807, 2.05) is 19.9 Å². The third-order valence-electron chi connectivity index (χ3n) is 3.13. The van der Waals surface area contributed by atoms with E-state index in [9.17, 15) is 8.42 Å². The van der Waals surface area contributed by atoms with E-state index in [4.69, 9.17) is 5.14 Å². The van der Waals surface area contributed by atoms with Gasteiger partial charge in [0.2, 0.25) is 10.0 Å². The van der Waals surface area contributed by atoms with E-state index in [1.165, 1.54) is 12.1 Å². The first kappa shape index (κ1) is 15.6. The van der Waals surface area contributed by atoms with Crippen LogP contribution in [0.2, 0.25) is 0 Å². The van der Waals surface area contributed by atoms with Gasteiger partial charge in [0, 0.05) is 18.8 Å². The maximum absolute atomic E-state index is 11.2. The van der Waals surface area contributed by atoms with Crippen LogP contribution in [0.3, 0.4) is 0 Å². The molecule has 0 aliphatic heterocycles. The molecule has 0 radical (unpaired) electrons. The number of nitrogens with two attached hydrogens (primary N) is 1. The summed E-state index contributed by atoms with van der Waals surface area (Å²) in [6.45, 7) is 4.46. The van der Waals surface area contributed by atoms with E-state index in [2.05, 4.69) is 15.3 Å². The summed E-state index contributed by atoms with van der Waals surface area (Å²) in [7, 11) is -3.64. The van der Waals surface area contributed by atoms with Gasteiger partial charge >= 0.3 is 0 Å². The Morgan fingerprint density at radius 2 is 1.90 bits per heavy atom. The molecular weight excluding hydrogens is 288 g/mol. The van der Waals surface area contributed by atoms with Crippen molar-refractivity contribution in [2.75, 3.05) is 0 Å². The third-order valence-corrected chi connectivity index (χ3v) is 4.06. The normalized spacial score (nSPS) is 13.1. The molecule has 6 nitrogen and oxygen atoms in total. The van der Waals surface area contributed by atoms with Crippen LogP contribution in [0, 0.1) is 6.92 Å². The van der Waals surface area contributed by atoms with Crippen molar-refractivity contribution in [1.29, 1.82) is 0 Å². The minimum Gasteiger partial charge on any atom is -0.305 e. The fraction of sp³-hybridized carbons (Fsp3) is 0.286. The molecule has 1 heterocycles. The number of aromatic nitrogens is 2. The van der Waals surface area contributed by atoms with Crippen molar-refractivity contribution in [3.63, 3.8) is 0 Å². The molecule has 2 rings (SSSR count). The second-order valence-electron chi connectivity index (χ2n) is 4.81. The number of rotatable bonds is 5. The minimum atomic E-state index is -3.64. The van der Waals surface area contributed by atoms with Gasteiger partial charge in [0.1, 0.15) is 5.82 Å². The highest BCUT2D eigenvalue weighted by atomic mass is 32.2. The number of hydrogen-bond acceptors (Lipinski definition) is 5. The number of nitrogens with zero attached hydrogens (tertiary/aromatic N) is 2. The van der Waals surface area contributed by atoms with Gasteiger partial charge in [0.25, 0.3) is 0 Å². The Balaban J connectivity index is 2.02. The highest BCUT2D eigenvalue weighted by Gasteiger charge is 2.10. The molecule has 1 aromatic heterocycles. The van der Waals surface area contributed by atoms with Gasteiger partial charge in [-0.1, -0.05) is 12.1 Å². The van der Waals surface area contributed by atoms with Crippen LogP contribution in [0.25, 0.3) is 0 Å². The molecular formula is C14H18N4O2S.